The highest BCUT2D eigenvalue weighted by molar-refractivity contribution is 7.09. The number of rotatable bonds is 4. The van der Waals surface area contributed by atoms with E-state index in [0.717, 1.165) is 42.1 Å². The zero-order valence-corrected chi connectivity index (χ0v) is 26.1. The monoisotopic (exact) mass is 582 g/mol. The normalized spacial score (nSPS) is 33.6. The summed E-state index contributed by atoms with van der Waals surface area (Å²) in [6, 6.07) is 11.0. The second-order valence-corrected chi connectivity index (χ2v) is 13.7. The van der Waals surface area contributed by atoms with E-state index in [9.17, 15) is 19.8 Å². The number of aromatic nitrogens is 1. The number of carbonyl (C=O) groups is 2. The zero-order chi connectivity index (χ0) is 29.9. The lowest BCUT2D eigenvalue weighted by molar-refractivity contribution is -0.154. The molecule has 0 aliphatic carbocycles. The van der Waals surface area contributed by atoms with Crippen LogP contribution in [-0.4, -0.2) is 62.2 Å². The summed E-state index contributed by atoms with van der Waals surface area (Å²) in [4.78, 5) is 33.7. The predicted molar refractivity (Wildman–Crippen MR) is 162 cm³/mol. The van der Waals surface area contributed by atoms with Gasteiger partial charge in [-0.05, 0) is 49.8 Å². The fourth-order valence-corrected chi connectivity index (χ4v) is 6.80. The van der Waals surface area contributed by atoms with Crippen LogP contribution in [-0.2, 0) is 20.9 Å². The lowest BCUT2D eigenvalue weighted by atomic mass is 9.73. The first-order valence-electron chi connectivity index (χ1n) is 14.9. The van der Waals surface area contributed by atoms with Crippen molar-refractivity contribution in [1.82, 2.24) is 9.88 Å². The van der Waals surface area contributed by atoms with Gasteiger partial charge in [0.25, 0.3) is 0 Å². The number of benzene rings is 1. The molecule has 224 valence electrons. The summed E-state index contributed by atoms with van der Waals surface area (Å²) < 4.78 is 6.07. The van der Waals surface area contributed by atoms with Crippen LogP contribution >= 0.6 is 11.3 Å². The second kappa shape index (κ2) is 13.3. The van der Waals surface area contributed by atoms with Crippen LogP contribution in [0.5, 0.6) is 0 Å². The van der Waals surface area contributed by atoms with Crippen LogP contribution in [0.3, 0.4) is 0 Å². The number of hydrogen-bond acceptors (Lipinski definition) is 8. The molecule has 8 atom stereocenters. The molecule has 0 spiro atoms. The highest BCUT2D eigenvalue weighted by Gasteiger charge is 2.48. The van der Waals surface area contributed by atoms with Crippen LogP contribution in [0.15, 0.2) is 41.3 Å². The van der Waals surface area contributed by atoms with Crippen molar-refractivity contribution in [3.8, 4) is 0 Å². The standard InChI is InChI=1S/C33H46N2O5S/c1-20-11-10-14-26-27(35(26)18-24-12-8-7-9-13-24)16-28(21(2)15-25-19-41-23(4)34-25)40-30(37)17-29(36)33(5,6)32(39)22(3)31(20)38/h7-9,12-13,15,19-20,22,26-29,31,36,38H,10-11,14,16-18H2,1-6H3/b21-15+. The molecule has 7 nitrogen and oxygen atoms in total. The van der Waals surface area contributed by atoms with Crippen molar-refractivity contribution in [2.45, 2.75) is 111 Å². The average Bonchev–Trinajstić information content (AvgIpc) is 3.38. The Labute approximate surface area is 248 Å². The fraction of sp³-hybridized carbons (Fsp3) is 0.606. The van der Waals surface area contributed by atoms with E-state index in [1.807, 2.05) is 38.3 Å². The number of nitrogens with zero attached hydrogens (tertiary/aromatic N) is 2. The van der Waals surface area contributed by atoms with Gasteiger partial charge in [-0.25, -0.2) is 4.98 Å². The Kier molecular flexibility index (Phi) is 10.2. The molecule has 4 rings (SSSR count). The van der Waals surface area contributed by atoms with Crippen LogP contribution < -0.4 is 0 Å². The van der Waals surface area contributed by atoms with Gasteiger partial charge in [-0.1, -0.05) is 64.4 Å². The molecule has 0 bridgehead atoms. The van der Waals surface area contributed by atoms with Crippen molar-refractivity contribution >= 4 is 29.2 Å². The lowest BCUT2D eigenvalue weighted by Gasteiger charge is -2.34. The van der Waals surface area contributed by atoms with Crippen molar-refractivity contribution in [2.24, 2.45) is 17.3 Å². The van der Waals surface area contributed by atoms with E-state index >= 15 is 0 Å². The molecule has 0 amide bonds. The number of carbonyl (C=O) groups excluding carboxylic acids is 2. The van der Waals surface area contributed by atoms with Crippen molar-refractivity contribution in [2.75, 3.05) is 0 Å². The van der Waals surface area contributed by atoms with E-state index in [1.165, 1.54) is 5.56 Å². The fourth-order valence-electron chi connectivity index (χ4n) is 6.23. The van der Waals surface area contributed by atoms with Gasteiger partial charge in [0, 0.05) is 36.3 Å². The summed E-state index contributed by atoms with van der Waals surface area (Å²) >= 11 is 1.58. The topological polar surface area (TPSA) is 99.7 Å². The molecule has 8 heteroatoms. The lowest BCUT2D eigenvalue weighted by Crippen LogP contribution is -2.45. The van der Waals surface area contributed by atoms with E-state index in [1.54, 1.807) is 32.1 Å². The number of ether oxygens (including phenoxy) is 1. The maximum Gasteiger partial charge on any atom is 0.309 e. The summed E-state index contributed by atoms with van der Waals surface area (Å²) in [5.41, 5.74) is 1.79. The molecule has 41 heavy (non-hydrogen) atoms. The van der Waals surface area contributed by atoms with Crippen LogP contribution in [0.2, 0.25) is 0 Å². The summed E-state index contributed by atoms with van der Waals surface area (Å²) in [7, 11) is 0. The van der Waals surface area contributed by atoms with Crippen LogP contribution in [0, 0.1) is 24.2 Å². The first kappa shape index (κ1) is 31.5. The molecule has 2 aromatic rings. The third kappa shape index (κ3) is 7.72. The molecule has 2 aliphatic rings. The number of aliphatic hydroxyl groups excluding tert-OH is 2. The van der Waals surface area contributed by atoms with Crippen molar-refractivity contribution in [3.63, 3.8) is 0 Å². The highest BCUT2D eigenvalue weighted by atomic mass is 32.1. The molecular formula is C33H46N2O5S. The smallest absolute Gasteiger partial charge is 0.309 e. The molecule has 8 unspecified atom stereocenters. The first-order chi connectivity index (χ1) is 19.4. The SMILES string of the molecule is C/C(=C\c1csc(C)n1)C1CC2C(CCCC(C)C(O)C(C)C(=O)C(C)(C)C(O)CC(=O)O1)N2Cc1ccccc1. The van der Waals surface area contributed by atoms with Gasteiger partial charge in [0.2, 0.25) is 0 Å². The number of thiazole rings is 1. The number of ketones is 1. The van der Waals surface area contributed by atoms with E-state index in [2.05, 4.69) is 34.1 Å². The second-order valence-electron chi connectivity index (χ2n) is 12.7. The molecule has 3 heterocycles. The molecule has 2 saturated heterocycles. The maximum atomic E-state index is 13.4. The molecule has 1 aromatic carbocycles. The van der Waals surface area contributed by atoms with E-state index in [0.29, 0.717) is 12.5 Å². The molecular weight excluding hydrogens is 536 g/mol. The minimum atomic E-state index is -1.23. The van der Waals surface area contributed by atoms with E-state index in [-0.39, 0.29) is 24.2 Å². The maximum absolute atomic E-state index is 13.4. The Hall–Kier alpha value is -2.39. The number of aryl methyl sites for hydroxylation is 1. The Morgan fingerprint density at radius 3 is 2.51 bits per heavy atom. The number of cyclic esters (lactones) is 1. The molecule has 0 saturated carbocycles. The first-order valence-corrected chi connectivity index (χ1v) is 15.8. The third-order valence-corrected chi connectivity index (χ3v) is 9.95. The minimum Gasteiger partial charge on any atom is -0.458 e. The van der Waals surface area contributed by atoms with Gasteiger partial charge in [0.05, 0.1) is 34.7 Å². The Morgan fingerprint density at radius 2 is 1.85 bits per heavy atom. The molecule has 2 aliphatic heterocycles. The average molecular weight is 583 g/mol. The van der Waals surface area contributed by atoms with Gasteiger partial charge in [-0.2, -0.15) is 0 Å². The summed E-state index contributed by atoms with van der Waals surface area (Å²) in [6.07, 6.45) is 2.52. The quantitative estimate of drug-likeness (QED) is 0.359. The predicted octanol–water partition coefficient (Wildman–Crippen LogP) is 5.57. The summed E-state index contributed by atoms with van der Waals surface area (Å²) in [5, 5.41) is 25.0. The number of fused-ring (bicyclic) bond motifs is 1. The van der Waals surface area contributed by atoms with E-state index < -0.39 is 35.6 Å². The Morgan fingerprint density at radius 1 is 1.15 bits per heavy atom. The third-order valence-electron chi connectivity index (χ3n) is 9.16. The van der Waals surface area contributed by atoms with Crippen LogP contribution in [0.25, 0.3) is 6.08 Å². The number of Topliss-reactive ketones (excluding diaryl/α,β-unsaturated/α-hetero) is 1. The number of aliphatic hydroxyl groups is 2. The Balaban J connectivity index is 1.62. The van der Waals surface area contributed by atoms with Crippen molar-refractivity contribution < 1.29 is 24.5 Å². The van der Waals surface area contributed by atoms with Gasteiger partial charge in [-0.3, -0.25) is 14.5 Å². The van der Waals surface area contributed by atoms with Gasteiger partial charge in [-0.15, -0.1) is 11.3 Å². The van der Waals surface area contributed by atoms with Gasteiger partial charge in [0.15, 0.2) is 0 Å². The summed E-state index contributed by atoms with van der Waals surface area (Å²) in [6.45, 7) is 11.8. The van der Waals surface area contributed by atoms with Crippen LogP contribution in [0.1, 0.15) is 83.0 Å². The number of hydrogen-bond donors (Lipinski definition) is 2. The summed E-state index contributed by atoms with van der Waals surface area (Å²) in [5.74, 6) is -1.49. The van der Waals surface area contributed by atoms with Crippen molar-refractivity contribution in [1.29, 1.82) is 0 Å². The van der Waals surface area contributed by atoms with Gasteiger partial charge in [0.1, 0.15) is 11.9 Å². The zero-order valence-electron chi connectivity index (χ0n) is 25.2. The number of esters is 1. The van der Waals surface area contributed by atoms with Gasteiger partial charge < -0.3 is 14.9 Å². The minimum absolute atomic E-state index is 0.0565. The van der Waals surface area contributed by atoms with Crippen LogP contribution in [0.4, 0.5) is 0 Å². The molecule has 0 radical (unpaired) electrons. The Bertz CT molecular complexity index is 1230. The van der Waals surface area contributed by atoms with Gasteiger partial charge >= 0.3 is 5.97 Å². The molecule has 2 fully saturated rings. The largest absolute Gasteiger partial charge is 0.458 e. The molecule has 2 N–H and O–H groups in total. The van der Waals surface area contributed by atoms with E-state index in [4.69, 9.17) is 4.74 Å². The van der Waals surface area contributed by atoms with Crippen molar-refractivity contribution in [3.05, 3.63) is 57.6 Å². The highest BCUT2D eigenvalue weighted by Crippen LogP contribution is 2.40. The molecule has 1 aromatic heterocycles.